The van der Waals surface area contributed by atoms with Crippen molar-refractivity contribution in [2.24, 2.45) is 46.3 Å². The smallest absolute Gasteiger partial charge is 0.421 e. The normalized spacial score (nSPS) is 39.3. The Kier molecular flexibility index (Phi) is 8.95. The second kappa shape index (κ2) is 11.8. The number of amides is 1. The molecule has 0 radical (unpaired) electrons. The fourth-order valence-electron chi connectivity index (χ4n) is 10.1. The predicted octanol–water partition coefficient (Wildman–Crippen LogP) is 6.53. The van der Waals surface area contributed by atoms with E-state index in [1.807, 2.05) is 0 Å². The molecular formula is C32H46F3NO6S. The number of rotatable bonds is 7. The predicted molar refractivity (Wildman–Crippen MR) is 154 cm³/mol. The number of nitrogens with one attached hydrogen (secondary N) is 1. The summed E-state index contributed by atoms with van der Waals surface area (Å²) in [5, 5.41) is 22.3. The number of ether oxygens (including phenoxy) is 1. The van der Waals surface area contributed by atoms with E-state index in [1.54, 1.807) is 4.72 Å². The van der Waals surface area contributed by atoms with Crippen molar-refractivity contribution in [1.82, 2.24) is 4.72 Å². The summed E-state index contributed by atoms with van der Waals surface area (Å²) in [5.74, 6) is 2.09. The first-order valence-electron chi connectivity index (χ1n) is 15.8. The van der Waals surface area contributed by atoms with Crippen molar-refractivity contribution in [3.05, 3.63) is 29.8 Å². The molecule has 43 heavy (non-hydrogen) atoms. The number of alkyl halides is 3. The molecule has 4 aliphatic carbocycles. The van der Waals surface area contributed by atoms with Crippen molar-refractivity contribution >= 4 is 16.1 Å². The molecule has 0 aliphatic heterocycles. The fourth-order valence-corrected chi connectivity index (χ4v) is 10.9. The molecule has 0 saturated heterocycles. The first-order valence-corrected chi connectivity index (χ1v) is 17.3. The van der Waals surface area contributed by atoms with Gasteiger partial charge in [0.2, 0.25) is 0 Å². The zero-order chi connectivity index (χ0) is 31.4. The van der Waals surface area contributed by atoms with Crippen LogP contribution in [-0.4, -0.2) is 43.5 Å². The highest BCUT2D eigenvalue weighted by atomic mass is 32.2. The second-order valence-electron chi connectivity index (χ2n) is 14.1. The molecule has 0 spiro atoms. The molecule has 1 aromatic carbocycles. The maximum absolute atomic E-state index is 12.8. The third kappa shape index (κ3) is 5.94. The molecule has 242 valence electrons. The van der Waals surface area contributed by atoms with Crippen molar-refractivity contribution < 1.29 is 41.3 Å². The summed E-state index contributed by atoms with van der Waals surface area (Å²) in [6, 6.07) is 2.90. The van der Waals surface area contributed by atoms with Crippen LogP contribution in [0.1, 0.15) is 90.5 Å². The van der Waals surface area contributed by atoms with Gasteiger partial charge in [-0.1, -0.05) is 27.2 Å². The molecule has 5 rings (SSSR count). The van der Waals surface area contributed by atoms with Crippen LogP contribution in [0.25, 0.3) is 0 Å². The molecule has 11 heteroatoms. The van der Waals surface area contributed by atoms with Crippen LogP contribution in [-0.2, 0) is 20.9 Å². The van der Waals surface area contributed by atoms with E-state index in [1.165, 1.54) is 0 Å². The van der Waals surface area contributed by atoms with Gasteiger partial charge < -0.3 is 14.9 Å². The van der Waals surface area contributed by atoms with Crippen LogP contribution in [0, 0.1) is 46.3 Å². The van der Waals surface area contributed by atoms with Crippen molar-refractivity contribution in [3.63, 3.8) is 0 Å². The molecule has 0 unspecified atom stereocenters. The van der Waals surface area contributed by atoms with E-state index in [9.17, 15) is 36.6 Å². The SMILES string of the molecule is CC[C@H]1[C@@H](O)[C@@H]2[C@H](CC[C@]3(C)[C@@H](CCCOC(=O)NS(=O)(=O)c4ccc(C(F)(F)F)cc4)CC[C@@H]23)[C@@]2(C)CC[C@@H](O)C[C@@H]12. The summed E-state index contributed by atoms with van der Waals surface area (Å²) in [6.45, 7) is 6.98. The Morgan fingerprint density at radius 1 is 1.00 bits per heavy atom. The van der Waals surface area contributed by atoms with Crippen molar-refractivity contribution in [3.8, 4) is 0 Å². The van der Waals surface area contributed by atoms with E-state index in [0.29, 0.717) is 42.2 Å². The number of hydrogen-bond donors (Lipinski definition) is 3. The number of carbonyl (C=O) groups excluding carboxylic acids is 1. The van der Waals surface area contributed by atoms with E-state index in [-0.39, 0.29) is 41.5 Å². The van der Waals surface area contributed by atoms with Gasteiger partial charge in [0.05, 0.1) is 29.3 Å². The van der Waals surface area contributed by atoms with Gasteiger partial charge in [0.1, 0.15) is 0 Å². The number of hydrogen-bond acceptors (Lipinski definition) is 6. The molecule has 4 saturated carbocycles. The molecule has 1 amide bonds. The summed E-state index contributed by atoms with van der Waals surface area (Å²) in [6.07, 6.45) is 2.83. The van der Waals surface area contributed by atoms with Gasteiger partial charge in [-0.05, 0) is 128 Å². The van der Waals surface area contributed by atoms with E-state index in [2.05, 4.69) is 20.8 Å². The second-order valence-corrected chi connectivity index (χ2v) is 15.8. The molecule has 1 aromatic rings. The number of halogens is 3. The van der Waals surface area contributed by atoms with Crippen LogP contribution in [0.4, 0.5) is 18.0 Å². The van der Waals surface area contributed by atoms with Crippen LogP contribution in [0.15, 0.2) is 29.2 Å². The van der Waals surface area contributed by atoms with Crippen LogP contribution >= 0.6 is 0 Å². The van der Waals surface area contributed by atoms with Crippen LogP contribution in [0.2, 0.25) is 0 Å². The first-order chi connectivity index (χ1) is 20.1. The Morgan fingerprint density at radius 3 is 2.30 bits per heavy atom. The maximum Gasteiger partial charge on any atom is 0.421 e. The van der Waals surface area contributed by atoms with Crippen LogP contribution in [0.5, 0.6) is 0 Å². The van der Waals surface area contributed by atoms with E-state index < -0.39 is 32.8 Å². The molecule has 10 atom stereocenters. The highest BCUT2D eigenvalue weighted by molar-refractivity contribution is 7.90. The minimum atomic E-state index is -4.60. The fraction of sp³-hybridized carbons (Fsp3) is 0.781. The Labute approximate surface area is 253 Å². The lowest BCUT2D eigenvalue weighted by molar-refractivity contribution is -0.202. The van der Waals surface area contributed by atoms with Gasteiger partial charge >= 0.3 is 12.3 Å². The van der Waals surface area contributed by atoms with E-state index >= 15 is 0 Å². The average molecular weight is 630 g/mol. The average Bonchev–Trinajstić information content (AvgIpc) is 3.27. The first kappa shape index (κ1) is 32.5. The summed E-state index contributed by atoms with van der Waals surface area (Å²) in [5.41, 5.74) is -0.766. The molecule has 4 fully saturated rings. The van der Waals surface area contributed by atoms with Gasteiger partial charge in [-0.15, -0.1) is 0 Å². The van der Waals surface area contributed by atoms with Gasteiger partial charge in [0, 0.05) is 0 Å². The Balaban J connectivity index is 1.16. The highest BCUT2D eigenvalue weighted by Crippen LogP contribution is 2.69. The Hall–Kier alpha value is -1.85. The number of aliphatic hydroxyl groups is 2. The lowest BCUT2D eigenvalue weighted by atomic mass is 9.41. The molecule has 3 N–H and O–H groups in total. The minimum absolute atomic E-state index is 0.0281. The summed E-state index contributed by atoms with van der Waals surface area (Å²) in [7, 11) is -4.37. The third-order valence-electron chi connectivity index (χ3n) is 12.2. The topological polar surface area (TPSA) is 113 Å². The summed E-state index contributed by atoms with van der Waals surface area (Å²) >= 11 is 0. The quantitative estimate of drug-likeness (QED) is 0.296. The number of aliphatic hydroxyl groups excluding tert-OH is 2. The van der Waals surface area contributed by atoms with Gasteiger partial charge in [-0.2, -0.15) is 13.2 Å². The van der Waals surface area contributed by atoms with Crippen molar-refractivity contribution in [2.45, 2.75) is 108 Å². The molecule has 0 aromatic heterocycles. The largest absolute Gasteiger partial charge is 0.449 e. The Morgan fingerprint density at radius 2 is 1.65 bits per heavy atom. The molecule has 0 heterocycles. The number of carbonyl (C=O) groups is 1. The van der Waals surface area contributed by atoms with Gasteiger partial charge in [0.15, 0.2) is 0 Å². The standard InChI is InChI=1S/C32H46F3NO6S/c1-4-23-26-18-21(37)13-15-31(26,3)25-14-16-30(2)19(9-12-24(30)27(25)28(23)38)6-5-17-42-29(39)36-43(40,41)22-10-7-20(8-11-22)32(33,34)35/h7-8,10-11,19,21,23-28,37-38H,4-6,9,12-18H2,1-3H3,(H,36,39)/t19-,21+,23+,24-,25-,26-,27-,28+,30+,31+/m0/s1. The summed E-state index contributed by atoms with van der Waals surface area (Å²) in [4.78, 5) is 11.8. The number of fused-ring (bicyclic) bond motifs is 5. The zero-order valence-corrected chi connectivity index (χ0v) is 26.1. The third-order valence-corrected chi connectivity index (χ3v) is 13.6. The lowest BCUT2D eigenvalue weighted by Crippen LogP contribution is -2.62. The zero-order valence-electron chi connectivity index (χ0n) is 25.3. The van der Waals surface area contributed by atoms with Crippen LogP contribution in [0.3, 0.4) is 0 Å². The highest BCUT2D eigenvalue weighted by Gasteiger charge is 2.64. The number of sulfonamides is 1. The van der Waals surface area contributed by atoms with Crippen molar-refractivity contribution in [1.29, 1.82) is 0 Å². The van der Waals surface area contributed by atoms with Gasteiger partial charge in [0.25, 0.3) is 10.0 Å². The lowest BCUT2D eigenvalue weighted by Gasteiger charge is -2.64. The van der Waals surface area contributed by atoms with Crippen LogP contribution < -0.4 is 4.72 Å². The Bertz CT molecular complexity index is 1270. The van der Waals surface area contributed by atoms with E-state index in [0.717, 1.165) is 69.9 Å². The molecular weight excluding hydrogens is 583 g/mol. The number of benzene rings is 1. The van der Waals surface area contributed by atoms with Crippen molar-refractivity contribution in [2.75, 3.05) is 6.61 Å². The molecule has 0 bridgehead atoms. The molecule has 4 aliphatic rings. The van der Waals surface area contributed by atoms with Gasteiger partial charge in [-0.3, -0.25) is 0 Å². The summed E-state index contributed by atoms with van der Waals surface area (Å²) < 4.78 is 70.1. The molecule has 7 nitrogen and oxygen atoms in total. The van der Waals surface area contributed by atoms with E-state index in [4.69, 9.17) is 4.74 Å². The minimum Gasteiger partial charge on any atom is -0.449 e. The maximum atomic E-state index is 12.8. The van der Waals surface area contributed by atoms with Gasteiger partial charge in [-0.25, -0.2) is 17.9 Å². The monoisotopic (exact) mass is 629 g/mol.